The van der Waals surface area contributed by atoms with Gasteiger partial charge in [0.05, 0.1) is 23.5 Å². The molecule has 1 atom stereocenters. The number of amides is 1. The maximum atomic E-state index is 11.8. The molecule has 1 saturated heterocycles. The summed E-state index contributed by atoms with van der Waals surface area (Å²) in [4.78, 5) is 25.8. The van der Waals surface area contributed by atoms with Gasteiger partial charge >= 0.3 is 0 Å². The Hall–Kier alpha value is -4.14. The van der Waals surface area contributed by atoms with Gasteiger partial charge in [-0.1, -0.05) is 30.8 Å². The fourth-order valence-corrected chi connectivity index (χ4v) is 4.21. The second-order valence-corrected chi connectivity index (χ2v) is 8.29. The van der Waals surface area contributed by atoms with Crippen molar-refractivity contribution in [3.8, 4) is 11.1 Å². The maximum Gasteiger partial charge on any atom is 0.247 e. The quantitative estimate of drug-likeness (QED) is 0.359. The van der Waals surface area contributed by atoms with Crippen LogP contribution in [-0.4, -0.2) is 40.6 Å². The van der Waals surface area contributed by atoms with Crippen LogP contribution < -0.4 is 16.0 Å². The van der Waals surface area contributed by atoms with Crippen molar-refractivity contribution < 1.29 is 9.53 Å². The van der Waals surface area contributed by atoms with E-state index < -0.39 is 0 Å². The zero-order valence-corrected chi connectivity index (χ0v) is 19.4. The molecule has 4 aromatic rings. The number of aryl methyl sites for hydroxylation is 1. The van der Waals surface area contributed by atoms with Gasteiger partial charge in [0.25, 0.3) is 0 Å². The number of pyridine rings is 1. The lowest BCUT2D eigenvalue weighted by molar-refractivity contribution is -0.111. The molecule has 0 saturated carbocycles. The number of fused-ring (bicyclic) bond motifs is 1. The lowest BCUT2D eigenvalue weighted by atomic mass is 9.97. The minimum Gasteiger partial charge on any atom is -0.369 e. The number of carbonyl (C=O) groups excluding carboxylic acids is 1. The number of rotatable bonds is 6. The molecule has 0 radical (unpaired) electrons. The van der Waals surface area contributed by atoms with Gasteiger partial charge < -0.3 is 20.7 Å². The van der Waals surface area contributed by atoms with Crippen molar-refractivity contribution in [2.75, 3.05) is 30.3 Å². The first-order chi connectivity index (χ1) is 17.1. The van der Waals surface area contributed by atoms with Gasteiger partial charge in [-0.2, -0.15) is 0 Å². The van der Waals surface area contributed by atoms with Crippen molar-refractivity contribution in [1.82, 2.24) is 20.3 Å². The first kappa shape index (κ1) is 22.6. The van der Waals surface area contributed by atoms with E-state index in [0.717, 1.165) is 45.5 Å². The molecule has 2 aromatic carbocycles. The third-order valence-electron chi connectivity index (χ3n) is 5.88. The Balaban J connectivity index is 1.53. The predicted molar refractivity (Wildman–Crippen MR) is 138 cm³/mol. The Labute approximate surface area is 203 Å². The Morgan fingerprint density at radius 3 is 2.94 bits per heavy atom. The largest absolute Gasteiger partial charge is 0.369 e. The third kappa shape index (κ3) is 4.89. The Bertz CT molecular complexity index is 1400. The summed E-state index contributed by atoms with van der Waals surface area (Å²) in [5, 5.41) is 10.4. The van der Waals surface area contributed by atoms with E-state index in [4.69, 9.17) is 9.72 Å². The van der Waals surface area contributed by atoms with Gasteiger partial charge in [0.2, 0.25) is 11.9 Å². The van der Waals surface area contributed by atoms with E-state index in [1.165, 1.54) is 6.08 Å². The van der Waals surface area contributed by atoms with Gasteiger partial charge in [0.1, 0.15) is 6.10 Å². The standard InChI is InChI=1S/C27H26N6O2/c1-3-23(34)31-20-7-4-6-18(14-20)24-17(2)9-10-19-15-30-27(33-25(19)24)32-21-8-5-11-29-26(21)22-16-28-12-13-35-22/h3-11,14-15,22,28H,1,12-13,16H2,2H3,(H,31,34)(H,30,32,33). The van der Waals surface area contributed by atoms with Crippen LogP contribution in [-0.2, 0) is 9.53 Å². The number of hydrogen-bond donors (Lipinski definition) is 3. The second-order valence-electron chi connectivity index (χ2n) is 8.29. The molecule has 1 fully saturated rings. The fraction of sp³-hybridized carbons (Fsp3) is 0.185. The predicted octanol–water partition coefficient (Wildman–Crippen LogP) is 4.53. The molecule has 8 heteroatoms. The highest BCUT2D eigenvalue weighted by Crippen LogP contribution is 2.33. The smallest absolute Gasteiger partial charge is 0.247 e. The van der Waals surface area contributed by atoms with Crippen LogP contribution in [0.1, 0.15) is 17.4 Å². The Morgan fingerprint density at radius 1 is 1.20 bits per heavy atom. The van der Waals surface area contributed by atoms with Crippen LogP contribution in [0.3, 0.4) is 0 Å². The summed E-state index contributed by atoms with van der Waals surface area (Å²) < 4.78 is 5.91. The number of benzene rings is 2. The average Bonchev–Trinajstić information content (AvgIpc) is 2.89. The Kier molecular flexibility index (Phi) is 6.47. The molecule has 5 rings (SSSR count). The van der Waals surface area contributed by atoms with Crippen LogP contribution in [0.2, 0.25) is 0 Å². The molecule has 1 unspecified atom stereocenters. The number of anilines is 3. The van der Waals surface area contributed by atoms with Crippen molar-refractivity contribution in [2.24, 2.45) is 0 Å². The van der Waals surface area contributed by atoms with E-state index in [1.807, 2.05) is 55.6 Å². The number of nitrogens with one attached hydrogen (secondary N) is 3. The van der Waals surface area contributed by atoms with Crippen LogP contribution in [0.25, 0.3) is 22.0 Å². The van der Waals surface area contributed by atoms with Gasteiger partial charge in [-0.3, -0.25) is 9.78 Å². The summed E-state index contributed by atoms with van der Waals surface area (Å²) in [6, 6.07) is 15.6. The van der Waals surface area contributed by atoms with E-state index in [0.29, 0.717) is 24.8 Å². The monoisotopic (exact) mass is 466 g/mol. The molecule has 2 aromatic heterocycles. The van der Waals surface area contributed by atoms with Gasteiger partial charge in [-0.15, -0.1) is 0 Å². The summed E-state index contributed by atoms with van der Waals surface area (Å²) in [6.45, 7) is 7.74. The summed E-state index contributed by atoms with van der Waals surface area (Å²) in [7, 11) is 0. The normalized spacial score (nSPS) is 15.5. The van der Waals surface area contributed by atoms with Crippen molar-refractivity contribution >= 4 is 34.1 Å². The SMILES string of the molecule is C=CC(=O)Nc1cccc(-c2c(C)ccc3cnc(Nc4cccnc4C4CNCCO4)nc23)c1. The van der Waals surface area contributed by atoms with Crippen molar-refractivity contribution in [1.29, 1.82) is 0 Å². The zero-order valence-electron chi connectivity index (χ0n) is 19.4. The van der Waals surface area contributed by atoms with Gasteiger partial charge in [0, 0.05) is 42.1 Å². The van der Waals surface area contributed by atoms with E-state index >= 15 is 0 Å². The van der Waals surface area contributed by atoms with Crippen LogP contribution in [0.4, 0.5) is 17.3 Å². The second kappa shape index (κ2) is 10.0. The number of carbonyl (C=O) groups is 1. The molecule has 176 valence electrons. The van der Waals surface area contributed by atoms with Crippen LogP contribution >= 0.6 is 0 Å². The van der Waals surface area contributed by atoms with E-state index in [2.05, 4.69) is 38.6 Å². The lowest BCUT2D eigenvalue weighted by Gasteiger charge is -2.24. The molecule has 8 nitrogen and oxygen atoms in total. The van der Waals surface area contributed by atoms with Crippen molar-refractivity contribution in [2.45, 2.75) is 13.0 Å². The third-order valence-corrected chi connectivity index (χ3v) is 5.88. The van der Waals surface area contributed by atoms with Gasteiger partial charge in [-0.25, -0.2) is 9.97 Å². The molecule has 3 N–H and O–H groups in total. The molecule has 0 spiro atoms. The highest BCUT2D eigenvalue weighted by Gasteiger charge is 2.21. The topological polar surface area (TPSA) is 101 Å². The minimum atomic E-state index is -0.255. The first-order valence-electron chi connectivity index (χ1n) is 11.5. The molecule has 0 bridgehead atoms. The number of nitrogens with zero attached hydrogens (tertiary/aromatic N) is 3. The molecule has 35 heavy (non-hydrogen) atoms. The van der Waals surface area contributed by atoms with Crippen molar-refractivity contribution in [3.63, 3.8) is 0 Å². The minimum absolute atomic E-state index is 0.140. The molecule has 3 heterocycles. The molecule has 1 aliphatic heterocycles. The summed E-state index contributed by atoms with van der Waals surface area (Å²) in [6.07, 6.45) is 4.69. The first-order valence-corrected chi connectivity index (χ1v) is 11.5. The van der Waals surface area contributed by atoms with Crippen LogP contribution in [0.5, 0.6) is 0 Å². The van der Waals surface area contributed by atoms with E-state index in [-0.39, 0.29) is 12.0 Å². The summed E-state index contributed by atoms with van der Waals surface area (Å²) in [5.74, 6) is 0.216. The van der Waals surface area contributed by atoms with E-state index in [1.54, 1.807) is 6.20 Å². The molecule has 1 aliphatic rings. The summed E-state index contributed by atoms with van der Waals surface area (Å²) >= 11 is 0. The maximum absolute atomic E-state index is 11.8. The summed E-state index contributed by atoms with van der Waals surface area (Å²) in [5.41, 5.74) is 6.13. The lowest BCUT2D eigenvalue weighted by Crippen LogP contribution is -2.34. The fourth-order valence-electron chi connectivity index (χ4n) is 4.21. The van der Waals surface area contributed by atoms with Crippen LogP contribution in [0, 0.1) is 6.92 Å². The highest BCUT2D eigenvalue weighted by molar-refractivity contribution is 6.00. The van der Waals surface area contributed by atoms with Gasteiger partial charge in [-0.05, 0) is 48.4 Å². The number of ether oxygens (including phenoxy) is 1. The van der Waals surface area contributed by atoms with E-state index in [9.17, 15) is 4.79 Å². The van der Waals surface area contributed by atoms with Crippen LogP contribution in [0.15, 0.2) is 73.6 Å². The number of morpholine rings is 1. The molecular formula is C27H26N6O2. The van der Waals surface area contributed by atoms with Crippen molar-refractivity contribution in [3.05, 3.63) is 84.8 Å². The average molecular weight is 467 g/mol. The molecule has 0 aliphatic carbocycles. The number of aromatic nitrogens is 3. The molecular weight excluding hydrogens is 440 g/mol. The zero-order chi connectivity index (χ0) is 24.2. The Morgan fingerprint density at radius 2 is 2.11 bits per heavy atom. The van der Waals surface area contributed by atoms with Gasteiger partial charge in [0.15, 0.2) is 0 Å². The number of hydrogen-bond acceptors (Lipinski definition) is 7. The molecule has 1 amide bonds. The highest BCUT2D eigenvalue weighted by atomic mass is 16.5.